The molecular weight excluding hydrogens is 358 g/mol. The standard InChI is InChI=1S/C19H27N7S/c1-4-26-10-6-8-15(19(26)25-22)7-5-9-17(27-16-11-23-12-16)13(2)14(3)18(20)24-21/h4-10,16,23H,1,11-12,21-22H2,2-3H3,(H2,20,24)/b7-5+,14-13+,17-9+,25-19-. The minimum absolute atomic E-state index is 0.217. The van der Waals surface area contributed by atoms with Gasteiger partial charge in [-0.2, -0.15) is 5.10 Å². The lowest BCUT2D eigenvalue weighted by Gasteiger charge is -2.28. The Morgan fingerprint density at radius 2 is 2.19 bits per heavy atom. The molecule has 0 aromatic carbocycles. The van der Waals surface area contributed by atoms with Crippen molar-refractivity contribution in [2.45, 2.75) is 19.1 Å². The van der Waals surface area contributed by atoms with Gasteiger partial charge in [0.1, 0.15) is 5.84 Å². The van der Waals surface area contributed by atoms with E-state index in [1.807, 2.05) is 44.3 Å². The highest BCUT2D eigenvalue weighted by Gasteiger charge is 2.20. The first-order valence-corrected chi connectivity index (χ1v) is 9.46. The second-order valence-corrected chi connectivity index (χ2v) is 7.41. The Bertz CT molecular complexity index is 857. The first kappa shape index (κ1) is 20.8. The third-order valence-electron chi connectivity index (χ3n) is 4.36. The Kier molecular flexibility index (Phi) is 7.66. The molecule has 1 saturated heterocycles. The maximum Gasteiger partial charge on any atom is 0.163 e. The third-order valence-corrected chi connectivity index (χ3v) is 5.72. The van der Waals surface area contributed by atoms with E-state index < -0.39 is 0 Å². The molecule has 0 spiro atoms. The summed E-state index contributed by atoms with van der Waals surface area (Å²) in [5, 5.41) is 15.6. The van der Waals surface area contributed by atoms with Gasteiger partial charge in [-0.25, -0.2) is 5.84 Å². The fourth-order valence-corrected chi connectivity index (χ4v) is 3.70. The molecule has 0 aliphatic carbocycles. The molecule has 2 rings (SSSR count). The molecule has 7 N–H and O–H groups in total. The number of amidine groups is 1. The van der Waals surface area contributed by atoms with Crippen LogP contribution in [0.25, 0.3) is 12.3 Å². The van der Waals surface area contributed by atoms with Crippen LogP contribution in [-0.2, 0) is 0 Å². The van der Waals surface area contributed by atoms with Crippen LogP contribution in [0.4, 0.5) is 0 Å². The Balaban J connectivity index is 2.36. The largest absolute Gasteiger partial charge is 0.321 e. The molecule has 2 heterocycles. The monoisotopic (exact) mass is 385 g/mol. The Morgan fingerprint density at radius 3 is 2.74 bits per heavy atom. The predicted octanol–water partition coefficient (Wildman–Crippen LogP) is 1.74. The number of hydrogen-bond acceptors (Lipinski definition) is 6. The molecule has 7 nitrogen and oxygen atoms in total. The topological polar surface area (TPSA) is 117 Å². The number of nitrogens with zero attached hydrogens (tertiary/aromatic N) is 2. The van der Waals surface area contributed by atoms with Crippen LogP contribution in [0.5, 0.6) is 0 Å². The lowest BCUT2D eigenvalue weighted by atomic mass is 10.1. The van der Waals surface area contributed by atoms with E-state index in [9.17, 15) is 0 Å². The molecule has 1 aliphatic heterocycles. The zero-order chi connectivity index (χ0) is 19.8. The first-order chi connectivity index (χ1) is 13.0. The van der Waals surface area contributed by atoms with Crippen molar-refractivity contribution < 1.29 is 0 Å². The van der Waals surface area contributed by atoms with Gasteiger partial charge >= 0.3 is 0 Å². The van der Waals surface area contributed by atoms with E-state index in [1.165, 1.54) is 0 Å². The molecule has 0 amide bonds. The van der Waals surface area contributed by atoms with Gasteiger partial charge in [-0.1, -0.05) is 18.7 Å². The van der Waals surface area contributed by atoms with Gasteiger partial charge in [0.25, 0.3) is 0 Å². The van der Waals surface area contributed by atoms with Crippen LogP contribution >= 0.6 is 11.8 Å². The quantitative estimate of drug-likeness (QED) is 0.161. The minimum atomic E-state index is 0.217. The van der Waals surface area contributed by atoms with Crippen molar-refractivity contribution in [3.8, 4) is 0 Å². The van der Waals surface area contributed by atoms with Crippen LogP contribution in [0.1, 0.15) is 19.4 Å². The molecule has 0 unspecified atom stereocenters. The number of allylic oxidation sites excluding steroid dienone is 3. The molecule has 1 aliphatic rings. The van der Waals surface area contributed by atoms with Gasteiger partial charge in [0.2, 0.25) is 0 Å². The van der Waals surface area contributed by atoms with Crippen molar-refractivity contribution in [3.63, 3.8) is 0 Å². The van der Waals surface area contributed by atoms with Crippen LogP contribution in [0, 0.1) is 5.41 Å². The molecule has 0 bridgehead atoms. The van der Waals surface area contributed by atoms with Gasteiger partial charge < -0.3 is 21.2 Å². The summed E-state index contributed by atoms with van der Waals surface area (Å²) >= 11 is 1.80. The molecule has 8 heteroatoms. The van der Waals surface area contributed by atoms with Gasteiger partial charge in [-0.05, 0) is 43.2 Å². The van der Waals surface area contributed by atoms with Crippen molar-refractivity contribution in [1.29, 1.82) is 5.41 Å². The van der Waals surface area contributed by atoms with E-state index in [4.69, 9.17) is 17.1 Å². The summed E-state index contributed by atoms with van der Waals surface area (Å²) in [5.41, 5.74) is 5.78. The van der Waals surface area contributed by atoms with Gasteiger partial charge in [0.05, 0.1) is 0 Å². The molecule has 1 aromatic rings. The molecule has 144 valence electrons. The van der Waals surface area contributed by atoms with Crippen LogP contribution < -0.4 is 27.9 Å². The average molecular weight is 386 g/mol. The maximum atomic E-state index is 7.92. The first-order valence-electron chi connectivity index (χ1n) is 8.58. The maximum absolute atomic E-state index is 7.92. The van der Waals surface area contributed by atoms with E-state index in [1.54, 1.807) is 22.5 Å². The van der Waals surface area contributed by atoms with Crippen molar-refractivity contribution in [2.24, 2.45) is 16.8 Å². The Morgan fingerprint density at radius 1 is 1.44 bits per heavy atom. The summed E-state index contributed by atoms with van der Waals surface area (Å²) < 4.78 is 1.77. The average Bonchev–Trinajstić information content (AvgIpc) is 2.66. The number of nitrogens with two attached hydrogens (primary N) is 2. The number of hydrazine groups is 1. The highest BCUT2D eigenvalue weighted by Crippen LogP contribution is 2.31. The number of hydrogen-bond donors (Lipinski definition) is 5. The summed E-state index contributed by atoms with van der Waals surface area (Å²) in [7, 11) is 0. The predicted molar refractivity (Wildman–Crippen MR) is 115 cm³/mol. The molecule has 1 fully saturated rings. The fraction of sp³-hybridized carbons (Fsp3) is 0.263. The lowest BCUT2D eigenvalue weighted by molar-refractivity contribution is 0.545. The fourth-order valence-electron chi connectivity index (χ4n) is 2.45. The zero-order valence-electron chi connectivity index (χ0n) is 15.7. The van der Waals surface area contributed by atoms with Gasteiger partial charge in [-0.3, -0.25) is 5.41 Å². The van der Waals surface area contributed by atoms with Crippen molar-refractivity contribution in [2.75, 3.05) is 13.1 Å². The number of nitrogens with one attached hydrogen (secondary N) is 3. The Hall–Kier alpha value is -2.55. The van der Waals surface area contributed by atoms with Crippen LogP contribution in [0.3, 0.4) is 0 Å². The van der Waals surface area contributed by atoms with Crippen LogP contribution in [0.15, 0.2) is 58.2 Å². The van der Waals surface area contributed by atoms with Crippen molar-refractivity contribution >= 4 is 29.9 Å². The SMILES string of the molecule is C=Cn1cccc(/C=C/C=C(SC2CNC2)\C(C)=C(/C)C(=N)NN)/c1=N/N. The molecular formula is C19H27N7S. The van der Waals surface area contributed by atoms with Crippen molar-refractivity contribution in [1.82, 2.24) is 15.3 Å². The third kappa shape index (κ3) is 5.22. The summed E-state index contributed by atoms with van der Waals surface area (Å²) in [6, 6.07) is 3.86. The zero-order valence-corrected chi connectivity index (χ0v) is 16.5. The van der Waals surface area contributed by atoms with Crippen molar-refractivity contribution in [3.05, 3.63) is 64.2 Å². The second-order valence-electron chi connectivity index (χ2n) is 6.06. The molecule has 0 radical (unpaired) electrons. The van der Waals surface area contributed by atoms with Gasteiger partial charge in [0.15, 0.2) is 5.49 Å². The highest BCUT2D eigenvalue weighted by atomic mass is 32.2. The summed E-state index contributed by atoms with van der Waals surface area (Å²) in [6.45, 7) is 9.64. The second kappa shape index (κ2) is 9.96. The molecule has 1 aromatic heterocycles. The van der Waals surface area contributed by atoms with Crippen LogP contribution in [-0.4, -0.2) is 28.7 Å². The molecule has 27 heavy (non-hydrogen) atoms. The highest BCUT2D eigenvalue weighted by molar-refractivity contribution is 8.04. The van der Waals surface area contributed by atoms with E-state index >= 15 is 0 Å². The van der Waals surface area contributed by atoms with E-state index in [-0.39, 0.29) is 5.84 Å². The molecule has 0 saturated carbocycles. The Labute approximate surface area is 164 Å². The minimum Gasteiger partial charge on any atom is -0.321 e. The number of rotatable bonds is 7. The smallest absolute Gasteiger partial charge is 0.163 e. The summed E-state index contributed by atoms with van der Waals surface area (Å²) in [6.07, 6.45) is 9.49. The normalized spacial score (nSPS) is 16.9. The number of aromatic nitrogens is 1. The lowest BCUT2D eigenvalue weighted by Crippen LogP contribution is -2.44. The number of pyridine rings is 1. The summed E-state index contributed by atoms with van der Waals surface area (Å²) in [5.74, 6) is 11.1. The van der Waals surface area contributed by atoms with E-state index in [0.717, 1.165) is 34.7 Å². The van der Waals surface area contributed by atoms with Crippen LogP contribution in [0.2, 0.25) is 0 Å². The van der Waals surface area contributed by atoms with E-state index in [0.29, 0.717) is 10.7 Å². The summed E-state index contributed by atoms with van der Waals surface area (Å²) in [4.78, 5) is 1.11. The number of thioether (sulfide) groups is 1. The molecule has 0 atom stereocenters. The van der Waals surface area contributed by atoms with Gasteiger partial charge in [-0.15, -0.1) is 11.8 Å². The van der Waals surface area contributed by atoms with Gasteiger partial charge in [0, 0.05) is 41.2 Å². The van der Waals surface area contributed by atoms with E-state index in [2.05, 4.69) is 28.5 Å².